The molecular weight excluding hydrogens is 220 g/mol. The number of hydrogen-bond donors (Lipinski definition) is 0. The standard InChI is InChI=1S/C12H24N2OS/c1-10(2)16-11(3)8-13-14-7-5-6-12(14)9-15-4/h8,10-12H,5-7,9H2,1-4H3/b13-8+/t11-,12-/m0/s1. The van der Waals surface area contributed by atoms with E-state index in [1.807, 2.05) is 11.8 Å². The molecule has 1 saturated heterocycles. The fourth-order valence-electron chi connectivity index (χ4n) is 1.98. The van der Waals surface area contributed by atoms with E-state index in [0.29, 0.717) is 16.5 Å². The van der Waals surface area contributed by atoms with Crippen LogP contribution in [0, 0.1) is 0 Å². The van der Waals surface area contributed by atoms with Crippen LogP contribution in [-0.4, -0.2) is 48.0 Å². The highest BCUT2D eigenvalue weighted by molar-refractivity contribution is 8.01. The zero-order valence-electron chi connectivity index (χ0n) is 10.8. The van der Waals surface area contributed by atoms with Gasteiger partial charge in [0.2, 0.25) is 0 Å². The van der Waals surface area contributed by atoms with Crippen LogP contribution in [0.4, 0.5) is 0 Å². The molecule has 16 heavy (non-hydrogen) atoms. The summed E-state index contributed by atoms with van der Waals surface area (Å²) in [6.45, 7) is 8.51. The second-order valence-electron chi connectivity index (χ2n) is 4.57. The van der Waals surface area contributed by atoms with Gasteiger partial charge in [0, 0.05) is 25.1 Å². The van der Waals surface area contributed by atoms with Crippen molar-refractivity contribution in [3.8, 4) is 0 Å². The number of hydrazone groups is 1. The normalized spacial score (nSPS) is 23.6. The van der Waals surface area contributed by atoms with Crippen molar-refractivity contribution < 1.29 is 4.74 Å². The average Bonchev–Trinajstić information content (AvgIpc) is 2.62. The second kappa shape index (κ2) is 7.17. The summed E-state index contributed by atoms with van der Waals surface area (Å²) < 4.78 is 5.21. The molecule has 0 aromatic heterocycles. The Labute approximate surface area is 104 Å². The summed E-state index contributed by atoms with van der Waals surface area (Å²) >= 11 is 1.95. The summed E-state index contributed by atoms with van der Waals surface area (Å²) in [5.41, 5.74) is 0. The van der Waals surface area contributed by atoms with E-state index in [1.165, 1.54) is 12.8 Å². The molecule has 1 rings (SSSR count). The Morgan fingerprint density at radius 3 is 2.88 bits per heavy atom. The largest absolute Gasteiger partial charge is 0.382 e. The number of ether oxygens (including phenoxy) is 1. The fraction of sp³-hybridized carbons (Fsp3) is 0.917. The van der Waals surface area contributed by atoms with Crippen molar-refractivity contribution in [3.63, 3.8) is 0 Å². The monoisotopic (exact) mass is 244 g/mol. The van der Waals surface area contributed by atoms with E-state index in [4.69, 9.17) is 4.74 Å². The fourth-order valence-corrected chi connectivity index (χ4v) is 2.96. The van der Waals surface area contributed by atoms with Gasteiger partial charge in [-0.15, -0.1) is 0 Å². The maximum Gasteiger partial charge on any atom is 0.0704 e. The predicted octanol–water partition coefficient (Wildman–Crippen LogP) is 2.61. The summed E-state index contributed by atoms with van der Waals surface area (Å²) in [5.74, 6) is 0. The van der Waals surface area contributed by atoms with E-state index in [1.54, 1.807) is 7.11 Å². The lowest BCUT2D eigenvalue weighted by Gasteiger charge is -2.21. The number of hydrogen-bond acceptors (Lipinski definition) is 4. The van der Waals surface area contributed by atoms with Crippen LogP contribution >= 0.6 is 11.8 Å². The molecule has 0 spiro atoms. The first-order chi connectivity index (χ1) is 7.63. The van der Waals surface area contributed by atoms with Crippen LogP contribution in [0.25, 0.3) is 0 Å². The van der Waals surface area contributed by atoms with Gasteiger partial charge in [0.25, 0.3) is 0 Å². The zero-order valence-corrected chi connectivity index (χ0v) is 11.7. The molecule has 0 amide bonds. The molecule has 1 heterocycles. The first-order valence-corrected chi connectivity index (χ1v) is 7.03. The van der Waals surface area contributed by atoms with Crippen LogP contribution in [0.5, 0.6) is 0 Å². The zero-order chi connectivity index (χ0) is 12.0. The van der Waals surface area contributed by atoms with Gasteiger partial charge in [-0.2, -0.15) is 16.9 Å². The Hall–Kier alpha value is -0.220. The van der Waals surface area contributed by atoms with Gasteiger partial charge in [-0.3, -0.25) is 5.01 Å². The molecule has 0 unspecified atom stereocenters. The number of methoxy groups -OCH3 is 1. The molecular formula is C12H24N2OS. The molecule has 1 aliphatic rings. The predicted molar refractivity (Wildman–Crippen MR) is 72.3 cm³/mol. The SMILES string of the molecule is COC[C@@H]1CCCN1/N=C/[C@H](C)SC(C)C. The van der Waals surface area contributed by atoms with E-state index in [2.05, 4.69) is 37.1 Å². The lowest BCUT2D eigenvalue weighted by atomic mass is 10.2. The lowest BCUT2D eigenvalue weighted by molar-refractivity contribution is 0.118. The minimum atomic E-state index is 0.484. The van der Waals surface area contributed by atoms with Crippen molar-refractivity contribution in [2.24, 2.45) is 5.10 Å². The molecule has 0 aliphatic carbocycles. The minimum absolute atomic E-state index is 0.484. The van der Waals surface area contributed by atoms with E-state index in [-0.39, 0.29) is 0 Å². The van der Waals surface area contributed by atoms with Gasteiger partial charge in [0.05, 0.1) is 12.6 Å². The third-order valence-corrected chi connectivity index (χ3v) is 3.71. The molecule has 3 nitrogen and oxygen atoms in total. The van der Waals surface area contributed by atoms with Crippen molar-refractivity contribution >= 4 is 18.0 Å². The van der Waals surface area contributed by atoms with Gasteiger partial charge in [-0.05, 0) is 25.0 Å². The summed E-state index contributed by atoms with van der Waals surface area (Å²) in [4.78, 5) is 0. The second-order valence-corrected chi connectivity index (χ2v) is 6.53. The quantitative estimate of drug-likeness (QED) is 0.671. The molecule has 0 aromatic rings. The van der Waals surface area contributed by atoms with Crippen molar-refractivity contribution in [1.82, 2.24) is 5.01 Å². The van der Waals surface area contributed by atoms with Crippen LogP contribution in [-0.2, 0) is 4.74 Å². The maximum absolute atomic E-state index is 5.21. The van der Waals surface area contributed by atoms with Crippen molar-refractivity contribution in [3.05, 3.63) is 0 Å². The maximum atomic E-state index is 5.21. The molecule has 0 N–H and O–H groups in total. The molecule has 0 aromatic carbocycles. The summed E-state index contributed by atoms with van der Waals surface area (Å²) in [5, 5.41) is 7.92. The van der Waals surface area contributed by atoms with Crippen molar-refractivity contribution in [1.29, 1.82) is 0 Å². The molecule has 0 radical (unpaired) electrons. The van der Waals surface area contributed by atoms with Gasteiger partial charge < -0.3 is 4.74 Å². The minimum Gasteiger partial charge on any atom is -0.382 e. The molecule has 4 heteroatoms. The Morgan fingerprint density at radius 1 is 1.50 bits per heavy atom. The van der Waals surface area contributed by atoms with Crippen molar-refractivity contribution in [2.45, 2.75) is 50.2 Å². The molecule has 0 saturated carbocycles. The van der Waals surface area contributed by atoms with E-state index in [9.17, 15) is 0 Å². The Kier molecular flexibility index (Phi) is 6.21. The number of nitrogens with zero attached hydrogens (tertiary/aromatic N) is 2. The van der Waals surface area contributed by atoms with Crippen LogP contribution in [0.2, 0.25) is 0 Å². The van der Waals surface area contributed by atoms with E-state index < -0.39 is 0 Å². The van der Waals surface area contributed by atoms with Crippen molar-refractivity contribution in [2.75, 3.05) is 20.3 Å². The van der Waals surface area contributed by atoms with Gasteiger partial charge in [0.15, 0.2) is 0 Å². The first-order valence-electron chi connectivity index (χ1n) is 6.08. The van der Waals surface area contributed by atoms with Gasteiger partial charge in [-0.25, -0.2) is 0 Å². The third kappa shape index (κ3) is 4.74. The highest BCUT2D eigenvalue weighted by Gasteiger charge is 2.22. The van der Waals surface area contributed by atoms with Crippen LogP contribution in [0.1, 0.15) is 33.6 Å². The highest BCUT2D eigenvalue weighted by atomic mass is 32.2. The molecule has 2 atom stereocenters. The Balaban J connectivity index is 2.36. The summed E-state index contributed by atoms with van der Waals surface area (Å²) in [6, 6.07) is 0.484. The van der Waals surface area contributed by atoms with Gasteiger partial charge >= 0.3 is 0 Å². The van der Waals surface area contributed by atoms with E-state index in [0.717, 1.165) is 13.2 Å². The highest BCUT2D eigenvalue weighted by Crippen LogP contribution is 2.19. The summed E-state index contributed by atoms with van der Waals surface area (Å²) in [6.07, 6.45) is 4.51. The average molecular weight is 244 g/mol. The molecule has 1 aliphatic heterocycles. The number of thioether (sulfide) groups is 1. The molecule has 1 fully saturated rings. The molecule has 94 valence electrons. The van der Waals surface area contributed by atoms with Crippen LogP contribution < -0.4 is 0 Å². The van der Waals surface area contributed by atoms with Gasteiger partial charge in [0.1, 0.15) is 0 Å². The van der Waals surface area contributed by atoms with E-state index >= 15 is 0 Å². The smallest absolute Gasteiger partial charge is 0.0704 e. The topological polar surface area (TPSA) is 24.8 Å². The van der Waals surface area contributed by atoms with Gasteiger partial charge in [-0.1, -0.05) is 13.8 Å². The first kappa shape index (κ1) is 13.8. The van der Waals surface area contributed by atoms with Crippen LogP contribution in [0.15, 0.2) is 5.10 Å². The molecule has 0 bridgehead atoms. The lowest BCUT2D eigenvalue weighted by Crippen LogP contribution is -2.28. The summed E-state index contributed by atoms with van der Waals surface area (Å²) in [7, 11) is 1.76. The number of rotatable bonds is 6. The third-order valence-electron chi connectivity index (χ3n) is 2.62. The van der Waals surface area contributed by atoms with Crippen LogP contribution in [0.3, 0.4) is 0 Å². The Morgan fingerprint density at radius 2 is 2.25 bits per heavy atom. The Bertz CT molecular complexity index is 221.